The Labute approximate surface area is 94.4 Å². The van der Waals surface area contributed by atoms with Crippen LogP contribution in [0.5, 0.6) is 0 Å². The predicted octanol–water partition coefficient (Wildman–Crippen LogP) is 0.926. The van der Waals surface area contributed by atoms with Gasteiger partial charge in [-0.2, -0.15) is 0 Å². The van der Waals surface area contributed by atoms with Gasteiger partial charge in [0.2, 0.25) is 10.0 Å². The highest BCUT2D eigenvalue weighted by atomic mass is 32.2. The number of carboxylic acid groups (broad SMARTS) is 1. The van der Waals surface area contributed by atoms with Gasteiger partial charge >= 0.3 is 5.97 Å². The Morgan fingerprint density at radius 1 is 1.31 bits per heavy atom. The normalized spacial score (nSPS) is 13.1. The van der Waals surface area contributed by atoms with Crippen LogP contribution in [0.25, 0.3) is 0 Å². The molecule has 0 bridgehead atoms. The fourth-order valence-electron chi connectivity index (χ4n) is 1.15. The van der Waals surface area contributed by atoms with Crippen LogP contribution in [0.3, 0.4) is 0 Å². The number of anilines is 1. The largest absolute Gasteiger partial charge is 0.480 e. The number of hydrogen-bond acceptors (Lipinski definition) is 3. The van der Waals surface area contributed by atoms with Crippen LogP contribution >= 0.6 is 0 Å². The minimum atomic E-state index is -3.86. The number of para-hydroxylation sites is 1. The first-order valence-electron chi connectivity index (χ1n) is 4.63. The lowest BCUT2D eigenvalue weighted by atomic mass is 10.3. The van der Waals surface area contributed by atoms with Crippen LogP contribution in [-0.4, -0.2) is 31.8 Å². The summed E-state index contributed by atoms with van der Waals surface area (Å²) in [5.41, 5.74) is 0.440. The van der Waals surface area contributed by atoms with Gasteiger partial charge in [0.05, 0.1) is 5.69 Å². The van der Waals surface area contributed by atoms with Crippen molar-refractivity contribution in [2.24, 2.45) is 0 Å². The van der Waals surface area contributed by atoms with Gasteiger partial charge in [0.1, 0.15) is 0 Å². The molecule has 0 heterocycles. The molecule has 0 saturated carbocycles. The molecule has 1 N–H and O–H groups in total. The molecule has 1 rings (SSSR count). The van der Waals surface area contributed by atoms with Crippen LogP contribution in [0.4, 0.5) is 5.69 Å². The smallest absolute Gasteiger partial charge is 0.323 e. The average Bonchev–Trinajstić information content (AvgIpc) is 2.28. The van der Waals surface area contributed by atoms with E-state index in [0.29, 0.717) is 5.69 Å². The third-order valence-electron chi connectivity index (χ3n) is 2.30. The van der Waals surface area contributed by atoms with Crippen molar-refractivity contribution in [2.45, 2.75) is 12.2 Å². The van der Waals surface area contributed by atoms with E-state index in [4.69, 9.17) is 5.11 Å². The average molecular weight is 243 g/mol. The topological polar surface area (TPSA) is 74.7 Å². The van der Waals surface area contributed by atoms with Gasteiger partial charge < -0.3 is 5.11 Å². The van der Waals surface area contributed by atoms with Crippen molar-refractivity contribution in [3.05, 3.63) is 30.3 Å². The highest BCUT2D eigenvalue weighted by Gasteiger charge is 2.31. The molecular weight excluding hydrogens is 230 g/mol. The summed E-state index contributed by atoms with van der Waals surface area (Å²) in [5.74, 6) is -1.36. The van der Waals surface area contributed by atoms with Crippen LogP contribution in [0.15, 0.2) is 30.3 Å². The van der Waals surface area contributed by atoms with Crippen molar-refractivity contribution in [1.29, 1.82) is 0 Å². The maximum atomic E-state index is 11.8. The van der Waals surface area contributed by atoms with Crippen LogP contribution in [0.1, 0.15) is 6.92 Å². The lowest BCUT2D eigenvalue weighted by Crippen LogP contribution is -2.38. The Bertz CT molecular complexity index is 469. The van der Waals surface area contributed by atoms with Crippen molar-refractivity contribution in [2.75, 3.05) is 11.4 Å². The molecule has 16 heavy (non-hydrogen) atoms. The summed E-state index contributed by atoms with van der Waals surface area (Å²) >= 11 is 0. The molecule has 0 aliphatic heterocycles. The molecule has 0 spiro atoms. The Morgan fingerprint density at radius 3 is 2.25 bits per heavy atom. The molecule has 88 valence electrons. The Balaban J connectivity index is 3.07. The zero-order valence-corrected chi connectivity index (χ0v) is 9.81. The number of carbonyl (C=O) groups is 1. The second-order valence-corrected chi connectivity index (χ2v) is 5.61. The number of carboxylic acids is 1. The molecule has 0 fully saturated rings. The second kappa shape index (κ2) is 4.52. The predicted molar refractivity (Wildman–Crippen MR) is 60.9 cm³/mol. The fraction of sp³-hybridized carbons (Fsp3) is 0.300. The number of sulfonamides is 1. The number of benzene rings is 1. The van der Waals surface area contributed by atoms with Gasteiger partial charge in [-0.3, -0.25) is 9.10 Å². The summed E-state index contributed by atoms with van der Waals surface area (Å²) in [4.78, 5) is 10.7. The zero-order valence-electron chi connectivity index (χ0n) is 8.99. The van der Waals surface area contributed by atoms with E-state index in [0.717, 1.165) is 11.2 Å². The Hall–Kier alpha value is -1.56. The van der Waals surface area contributed by atoms with Crippen LogP contribution in [0, 0.1) is 0 Å². The van der Waals surface area contributed by atoms with E-state index in [2.05, 4.69) is 0 Å². The molecule has 0 aliphatic rings. The molecule has 1 atom stereocenters. The first kappa shape index (κ1) is 12.5. The van der Waals surface area contributed by atoms with Crippen LogP contribution < -0.4 is 4.31 Å². The maximum Gasteiger partial charge on any atom is 0.323 e. The van der Waals surface area contributed by atoms with E-state index in [1.165, 1.54) is 7.05 Å². The molecular formula is C10H13NO4S. The highest BCUT2D eigenvalue weighted by Crippen LogP contribution is 2.18. The van der Waals surface area contributed by atoms with Gasteiger partial charge in [-0.05, 0) is 19.1 Å². The molecule has 1 aromatic carbocycles. The number of rotatable bonds is 4. The minimum Gasteiger partial charge on any atom is -0.480 e. The van der Waals surface area contributed by atoms with Gasteiger partial charge in [-0.1, -0.05) is 18.2 Å². The molecule has 0 aromatic heterocycles. The Kier molecular flexibility index (Phi) is 3.54. The van der Waals surface area contributed by atoms with Gasteiger partial charge in [-0.15, -0.1) is 0 Å². The van der Waals surface area contributed by atoms with Gasteiger partial charge in [0, 0.05) is 7.05 Å². The first-order valence-corrected chi connectivity index (χ1v) is 6.13. The zero-order chi connectivity index (χ0) is 12.3. The summed E-state index contributed by atoms with van der Waals surface area (Å²) in [5, 5.41) is 7.25. The van der Waals surface area contributed by atoms with Crippen molar-refractivity contribution >= 4 is 21.7 Å². The molecule has 1 aromatic rings. The summed E-state index contributed by atoms with van der Waals surface area (Å²) in [6, 6.07) is 8.34. The lowest BCUT2D eigenvalue weighted by molar-refractivity contribution is -0.136. The monoisotopic (exact) mass is 243 g/mol. The van der Waals surface area contributed by atoms with E-state index in [1.54, 1.807) is 30.3 Å². The van der Waals surface area contributed by atoms with Crippen LogP contribution in [0.2, 0.25) is 0 Å². The summed E-state index contributed by atoms with van der Waals surface area (Å²) in [7, 11) is -2.52. The number of aliphatic carboxylic acids is 1. The third kappa shape index (κ3) is 2.33. The molecule has 5 nitrogen and oxygen atoms in total. The number of hydrogen-bond donors (Lipinski definition) is 1. The van der Waals surface area contributed by atoms with Crippen LogP contribution in [-0.2, 0) is 14.8 Å². The molecule has 1 unspecified atom stereocenters. The van der Waals surface area contributed by atoms with E-state index >= 15 is 0 Å². The van der Waals surface area contributed by atoms with E-state index in [1.807, 2.05) is 0 Å². The molecule has 0 saturated heterocycles. The second-order valence-electron chi connectivity index (χ2n) is 3.33. The first-order chi connectivity index (χ1) is 7.37. The molecule has 0 amide bonds. The summed E-state index contributed by atoms with van der Waals surface area (Å²) < 4.78 is 24.6. The van der Waals surface area contributed by atoms with Gasteiger partial charge in [-0.25, -0.2) is 8.42 Å². The van der Waals surface area contributed by atoms with Crippen molar-refractivity contribution in [3.63, 3.8) is 0 Å². The van der Waals surface area contributed by atoms with Gasteiger partial charge in [0.25, 0.3) is 0 Å². The SMILES string of the molecule is CC(C(=O)O)S(=O)(=O)N(C)c1ccccc1. The highest BCUT2D eigenvalue weighted by molar-refractivity contribution is 7.94. The van der Waals surface area contributed by atoms with E-state index < -0.39 is 21.2 Å². The summed E-state index contributed by atoms with van der Waals surface area (Å²) in [6.45, 7) is 1.15. The van der Waals surface area contributed by atoms with Gasteiger partial charge in [0.15, 0.2) is 5.25 Å². The van der Waals surface area contributed by atoms with Crippen molar-refractivity contribution in [3.8, 4) is 0 Å². The maximum absolute atomic E-state index is 11.8. The Morgan fingerprint density at radius 2 is 1.81 bits per heavy atom. The lowest BCUT2D eigenvalue weighted by Gasteiger charge is -2.21. The molecule has 6 heteroatoms. The minimum absolute atomic E-state index is 0.440. The summed E-state index contributed by atoms with van der Waals surface area (Å²) in [6.07, 6.45) is 0. The van der Waals surface area contributed by atoms with E-state index in [-0.39, 0.29) is 0 Å². The third-order valence-corrected chi connectivity index (χ3v) is 4.37. The fourth-order valence-corrected chi connectivity index (χ4v) is 2.29. The number of nitrogens with zero attached hydrogens (tertiary/aromatic N) is 1. The molecule has 0 aliphatic carbocycles. The quantitative estimate of drug-likeness (QED) is 0.853. The van der Waals surface area contributed by atoms with Crippen molar-refractivity contribution in [1.82, 2.24) is 0 Å². The van der Waals surface area contributed by atoms with Crippen molar-refractivity contribution < 1.29 is 18.3 Å². The standard InChI is InChI=1S/C10H13NO4S/c1-8(10(12)13)16(14,15)11(2)9-6-4-3-5-7-9/h3-8H,1-2H3,(H,12,13). The van der Waals surface area contributed by atoms with E-state index in [9.17, 15) is 13.2 Å². The molecule has 0 radical (unpaired) electrons.